The van der Waals surface area contributed by atoms with Crippen molar-refractivity contribution < 1.29 is 4.79 Å². The van der Waals surface area contributed by atoms with Gasteiger partial charge in [-0.3, -0.25) is 4.79 Å². The number of carbonyl (C=O) groups is 1. The van der Waals surface area contributed by atoms with Crippen LogP contribution in [0.1, 0.15) is 46.0 Å². The molecular weight excluding hydrogens is 136 g/mol. The van der Waals surface area contributed by atoms with E-state index in [1.165, 1.54) is 5.57 Å². The molecule has 1 nitrogen and oxygen atoms in total. The molecule has 0 aliphatic heterocycles. The van der Waals surface area contributed by atoms with Gasteiger partial charge in [-0.1, -0.05) is 26.0 Å². The molecule has 0 aliphatic rings. The molecule has 0 N–H and O–H groups in total. The van der Waals surface area contributed by atoms with Crippen LogP contribution in [0.2, 0.25) is 0 Å². The third-order valence-electron chi connectivity index (χ3n) is 1.79. The zero-order valence-electron chi connectivity index (χ0n) is 7.65. The Labute approximate surface area is 69.5 Å². The first-order valence-corrected chi connectivity index (χ1v) is 4.39. The summed E-state index contributed by atoms with van der Waals surface area (Å²) in [5, 5.41) is 0. The van der Waals surface area contributed by atoms with E-state index >= 15 is 0 Å². The Morgan fingerprint density at radius 2 is 1.82 bits per heavy atom. The molecule has 0 saturated carbocycles. The third-order valence-corrected chi connectivity index (χ3v) is 1.79. The minimum absolute atomic E-state index is 0.377. The highest BCUT2D eigenvalue weighted by Crippen LogP contribution is 2.08. The van der Waals surface area contributed by atoms with E-state index in [-0.39, 0.29) is 0 Å². The van der Waals surface area contributed by atoms with Crippen LogP contribution in [0.5, 0.6) is 0 Å². The number of ketones is 1. The first-order chi connectivity index (χ1) is 5.20. The fourth-order valence-electron chi connectivity index (χ4n) is 0.897. The molecule has 0 atom stereocenters. The van der Waals surface area contributed by atoms with Crippen LogP contribution in [0, 0.1) is 0 Å². The maximum Gasteiger partial charge on any atom is 0.133 e. The predicted octanol–water partition coefficient (Wildman–Crippen LogP) is 3.10. The van der Waals surface area contributed by atoms with Gasteiger partial charge in [0.05, 0.1) is 0 Å². The Hall–Kier alpha value is -0.590. The number of rotatable bonds is 6. The highest BCUT2D eigenvalue weighted by molar-refractivity contribution is 5.78. The Morgan fingerprint density at radius 1 is 1.18 bits per heavy atom. The third kappa shape index (κ3) is 5.84. The largest absolute Gasteiger partial charge is 0.300 e. The Morgan fingerprint density at radius 3 is 2.27 bits per heavy atom. The molecule has 0 amide bonds. The van der Waals surface area contributed by atoms with Gasteiger partial charge >= 0.3 is 0 Å². The van der Waals surface area contributed by atoms with Crippen molar-refractivity contribution in [1.29, 1.82) is 0 Å². The van der Waals surface area contributed by atoms with Gasteiger partial charge in [-0.25, -0.2) is 0 Å². The molecule has 0 spiro atoms. The van der Waals surface area contributed by atoms with Gasteiger partial charge in [-0.2, -0.15) is 0 Å². The zero-order valence-corrected chi connectivity index (χ0v) is 7.65. The smallest absolute Gasteiger partial charge is 0.133 e. The zero-order chi connectivity index (χ0) is 8.69. The normalized spacial score (nSPS) is 9.64. The monoisotopic (exact) mass is 154 g/mol. The first-order valence-electron chi connectivity index (χ1n) is 4.39. The minimum Gasteiger partial charge on any atom is -0.300 e. The van der Waals surface area contributed by atoms with Crippen LogP contribution in [0.3, 0.4) is 0 Å². The van der Waals surface area contributed by atoms with E-state index in [1.54, 1.807) is 0 Å². The van der Waals surface area contributed by atoms with Crippen molar-refractivity contribution in [1.82, 2.24) is 0 Å². The lowest BCUT2D eigenvalue weighted by Gasteiger charge is -2.00. The average molecular weight is 154 g/mol. The van der Waals surface area contributed by atoms with E-state index in [1.807, 2.05) is 6.92 Å². The molecule has 0 unspecified atom stereocenters. The number of hydrogen-bond donors (Lipinski definition) is 0. The van der Waals surface area contributed by atoms with Gasteiger partial charge in [0.1, 0.15) is 5.78 Å². The molecule has 0 radical (unpaired) electrons. The van der Waals surface area contributed by atoms with E-state index in [2.05, 4.69) is 13.5 Å². The standard InChI is InChI=1S/C10H18O/c1-4-6-10(11)8-7-9(3)5-2/h3-8H2,1-2H3. The maximum absolute atomic E-state index is 11.0. The number of Topliss-reactive ketones (excluding diaryl/α,β-unsaturated/α-hetero) is 1. The fraction of sp³-hybridized carbons (Fsp3) is 0.700. The molecule has 0 heterocycles. The van der Waals surface area contributed by atoms with Gasteiger partial charge < -0.3 is 0 Å². The molecule has 0 aromatic rings. The summed E-state index contributed by atoms with van der Waals surface area (Å²) in [6, 6.07) is 0. The lowest BCUT2D eigenvalue weighted by Crippen LogP contribution is -1.96. The number of hydrogen-bond acceptors (Lipinski definition) is 1. The van der Waals surface area contributed by atoms with E-state index in [0.717, 1.165) is 25.7 Å². The SMILES string of the molecule is C=C(CC)CCC(=O)CCC. The van der Waals surface area contributed by atoms with E-state index in [0.29, 0.717) is 12.2 Å². The van der Waals surface area contributed by atoms with Crippen LogP contribution < -0.4 is 0 Å². The van der Waals surface area contributed by atoms with E-state index in [4.69, 9.17) is 0 Å². The Balaban J connectivity index is 3.38. The first kappa shape index (κ1) is 10.4. The summed E-state index contributed by atoms with van der Waals surface area (Å²) in [5.74, 6) is 0.377. The second-order valence-corrected chi connectivity index (χ2v) is 2.89. The van der Waals surface area contributed by atoms with Gasteiger partial charge in [0.2, 0.25) is 0 Å². The van der Waals surface area contributed by atoms with Gasteiger partial charge in [0.15, 0.2) is 0 Å². The van der Waals surface area contributed by atoms with Crippen LogP contribution in [-0.2, 0) is 4.79 Å². The summed E-state index contributed by atoms with van der Waals surface area (Å²) < 4.78 is 0. The topological polar surface area (TPSA) is 17.1 Å². The quantitative estimate of drug-likeness (QED) is 0.537. The van der Waals surface area contributed by atoms with Crippen molar-refractivity contribution in [2.45, 2.75) is 46.0 Å². The highest BCUT2D eigenvalue weighted by Gasteiger charge is 2.00. The Bertz CT molecular complexity index is 136. The van der Waals surface area contributed by atoms with Crippen LogP contribution in [0.15, 0.2) is 12.2 Å². The summed E-state index contributed by atoms with van der Waals surface area (Å²) in [6.45, 7) is 7.96. The fourth-order valence-corrected chi connectivity index (χ4v) is 0.897. The molecule has 64 valence electrons. The van der Waals surface area contributed by atoms with Crippen molar-refractivity contribution in [2.24, 2.45) is 0 Å². The van der Waals surface area contributed by atoms with Gasteiger partial charge in [0, 0.05) is 12.8 Å². The number of allylic oxidation sites excluding steroid dienone is 1. The molecular formula is C10H18O. The molecule has 0 aromatic carbocycles. The second kappa shape index (κ2) is 6.14. The number of carbonyl (C=O) groups excluding carboxylic acids is 1. The molecule has 0 fully saturated rings. The van der Waals surface area contributed by atoms with Crippen LogP contribution in [-0.4, -0.2) is 5.78 Å². The molecule has 1 heteroatoms. The summed E-state index contributed by atoms with van der Waals surface area (Å²) in [5.41, 5.74) is 1.19. The Kier molecular flexibility index (Phi) is 5.81. The summed E-state index contributed by atoms with van der Waals surface area (Å²) in [6.07, 6.45) is 4.28. The lowest BCUT2D eigenvalue weighted by molar-refractivity contribution is -0.119. The molecule has 0 rings (SSSR count). The molecule has 0 saturated heterocycles. The molecule has 0 aromatic heterocycles. The van der Waals surface area contributed by atoms with E-state index < -0.39 is 0 Å². The molecule has 0 bridgehead atoms. The van der Waals surface area contributed by atoms with Crippen molar-refractivity contribution in [2.75, 3.05) is 0 Å². The van der Waals surface area contributed by atoms with Crippen molar-refractivity contribution in [3.05, 3.63) is 12.2 Å². The lowest BCUT2D eigenvalue weighted by atomic mass is 10.1. The van der Waals surface area contributed by atoms with Crippen LogP contribution >= 0.6 is 0 Å². The van der Waals surface area contributed by atoms with Crippen LogP contribution in [0.25, 0.3) is 0 Å². The summed E-state index contributed by atoms with van der Waals surface area (Å²) >= 11 is 0. The minimum atomic E-state index is 0.377. The molecule has 11 heavy (non-hydrogen) atoms. The summed E-state index contributed by atoms with van der Waals surface area (Å²) in [4.78, 5) is 11.0. The van der Waals surface area contributed by atoms with Crippen molar-refractivity contribution in [3.8, 4) is 0 Å². The second-order valence-electron chi connectivity index (χ2n) is 2.89. The highest BCUT2D eigenvalue weighted by atomic mass is 16.1. The van der Waals surface area contributed by atoms with Gasteiger partial charge in [-0.05, 0) is 19.3 Å². The van der Waals surface area contributed by atoms with E-state index in [9.17, 15) is 4.79 Å². The molecule has 0 aliphatic carbocycles. The van der Waals surface area contributed by atoms with Crippen molar-refractivity contribution in [3.63, 3.8) is 0 Å². The maximum atomic E-state index is 11.0. The van der Waals surface area contributed by atoms with Gasteiger partial charge in [0.25, 0.3) is 0 Å². The summed E-state index contributed by atoms with van der Waals surface area (Å²) in [7, 11) is 0. The van der Waals surface area contributed by atoms with Crippen molar-refractivity contribution >= 4 is 5.78 Å². The average Bonchev–Trinajstić information content (AvgIpc) is 2.01. The van der Waals surface area contributed by atoms with Gasteiger partial charge in [-0.15, -0.1) is 0 Å². The van der Waals surface area contributed by atoms with Crippen LogP contribution in [0.4, 0.5) is 0 Å². The predicted molar refractivity (Wildman–Crippen MR) is 48.6 cm³/mol.